The van der Waals surface area contributed by atoms with Crippen molar-refractivity contribution in [2.45, 2.75) is 24.5 Å². The molecule has 0 aliphatic carbocycles. The summed E-state index contributed by atoms with van der Waals surface area (Å²) in [6.07, 6.45) is -0.251. The molecule has 2 amide bonds. The van der Waals surface area contributed by atoms with Crippen molar-refractivity contribution in [2.24, 2.45) is 5.73 Å². The van der Waals surface area contributed by atoms with E-state index < -0.39 is 17.6 Å². The van der Waals surface area contributed by atoms with Crippen LogP contribution in [0.25, 0.3) is 0 Å². The van der Waals surface area contributed by atoms with E-state index >= 15 is 0 Å². The second-order valence-electron chi connectivity index (χ2n) is 4.08. The quantitative estimate of drug-likeness (QED) is 0.435. The third-order valence-electron chi connectivity index (χ3n) is 3.00. The van der Waals surface area contributed by atoms with E-state index in [1.54, 1.807) is 0 Å². The molecule has 0 aromatic carbocycles. The zero-order valence-corrected chi connectivity index (χ0v) is 9.86. The summed E-state index contributed by atoms with van der Waals surface area (Å²) in [4.78, 5) is 22.6. The van der Waals surface area contributed by atoms with E-state index in [2.05, 4.69) is 10.6 Å². The molecule has 5 N–H and O–H groups in total. The van der Waals surface area contributed by atoms with Gasteiger partial charge in [-0.05, 0) is 25.9 Å². The lowest BCUT2D eigenvalue weighted by molar-refractivity contribution is -0.147. The first-order valence-corrected chi connectivity index (χ1v) is 5.53. The highest BCUT2D eigenvalue weighted by Gasteiger charge is 2.39. The molecule has 7 nitrogen and oxygen atoms in total. The fraction of sp³-hybridized carbons (Fsp3) is 0.800. The Morgan fingerprint density at radius 1 is 1.53 bits per heavy atom. The van der Waals surface area contributed by atoms with Crippen molar-refractivity contribution in [3.05, 3.63) is 0 Å². The second-order valence-corrected chi connectivity index (χ2v) is 4.08. The third-order valence-corrected chi connectivity index (χ3v) is 3.00. The predicted octanol–water partition coefficient (Wildman–Crippen LogP) is -2.28. The van der Waals surface area contributed by atoms with Crippen LogP contribution in [-0.4, -0.2) is 55.4 Å². The van der Waals surface area contributed by atoms with Crippen molar-refractivity contribution >= 4 is 11.8 Å². The topological polar surface area (TPSA) is 114 Å². The molecule has 0 bridgehead atoms. The molecule has 1 aliphatic heterocycles. The number of carbonyl (C=O) groups excluding carboxylic acids is 2. The number of piperidine rings is 1. The highest BCUT2D eigenvalue weighted by Crippen LogP contribution is 2.22. The van der Waals surface area contributed by atoms with Crippen molar-refractivity contribution in [1.29, 1.82) is 0 Å². The molecule has 17 heavy (non-hydrogen) atoms. The van der Waals surface area contributed by atoms with E-state index in [4.69, 9.17) is 10.5 Å². The maximum atomic E-state index is 12.0. The number of hydrogen-bond acceptors (Lipinski definition) is 5. The van der Waals surface area contributed by atoms with Gasteiger partial charge in [0.2, 0.25) is 5.91 Å². The number of hydrogen-bond donors (Lipinski definition) is 4. The molecule has 1 rings (SSSR count). The Kier molecular flexibility index (Phi) is 4.86. The molecule has 1 saturated heterocycles. The van der Waals surface area contributed by atoms with E-state index in [0.29, 0.717) is 25.9 Å². The first-order valence-electron chi connectivity index (χ1n) is 5.53. The van der Waals surface area contributed by atoms with Crippen LogP contribution in [0.5, 0.6) is 0 Å². The number of methoxy groups -OCH3 is 1. The van der Waals surface area contributed by atoms with Crippen LogP contribution in [0.15, 0.2) is 0 Å². The molecule has 7 heteroatoms. The molecular formula is C10H19N3O4. The third kappa shape index (κ3) is 3.39. The van der Waals surface area contributed by atoms with Crippen molar-refractivity contribution < 1.29 is 19.4 Å². The first-order chi connectivity index (χ1) is 8.02. The number of rotatable bonds is 5. The number of nitrogens with one attached hydrogen (secondary N) is 2. The summed E-state index contributed by atoms with van der Waals surface area (Å²) < 4.78 is 5.28. The molecule has 98 valence electrons. The molecule has 1 unspecified atom stereocenters. The minimum atomic E-state index is -1.37. The molecule has 0 saturated carbocycles. The van der Waals surface area contributed by atoms with Crippen LogP contribution in [0, 0.1) is 0 Å². The Hall–Kier alpha value is -1.18. The van der Waals surface area contributed by atoms with Crippen molar-refractivity contribution in [2.75, 3.05) is 26.7 Å². The van der Waals surface area contributed by atoms with Gasteiger partial charge in [0.25, 0.3) is 5.91 Å². The Morgan fingerprint density at radius 3 is 2.59 bits per heavy atom. The molecule has 0 aromatic heterocycles. The largest absolute Gasteiger partial charge is 0.381 e. The Balaban J connectivity index is 2.52. The van der Waals surface area contributed by atoms with E-state index in [0.717, 1.165) is 0 Å². The molecule has 1 heterocycles. The van der Waals surface area contributed by atoms with Gasteiger partial charge in [-0.25, -0.2) is 0 Å². The lowest BCUT2D eigenvalue weighted by Crippen LogP contribution is -2.55. The van der Waals surface area contributed by atoms with Crippen molar-refractivity contribution in [3.8, 4) is 0 Å². The first kappa shape index (κ1) is 13.9. The maximum Gasteiger partial charge on any atom is 0.252 e. The standard InChI is InChI=1S/C10H19N3O4/c1-17-10(2-4-12-5-3-10)9(16)13-6-7(14)8(11)15/h7,12,14H,2-6H2,1H3,(H2,11,15)(H,13,16). The Labute approximate surface area is 99.7 Å². The van der Waals surface area contributed by atoms with Gasteiger partial charge in [0.15, 0.2) is 0 Å². The molecule has 1 fully saturated rings. The maximum absolute atomic E-state index is 12.0. The molecular weight excluding hydrogens is 226 g/mol. The van der Waals surface area contributed by atoms with E-state index in [9.17, 15) is 14.7 Å². The Morgan fingerprint density at radius 2 is 2.12 bits per heavy atom. The van der Waals surface area contributed by atoms with Crippen LogP contribution in [0.1, 0.15) is 12.8 Å². The second kappa shape index (κ2) is 5.95. The predicted molar refractivity (Wildman–Crippen MR) is 60.1 cm³/mol. The van der Waals surface area contributed by atoms with Gasteiger partial charge in [0.05, 0.1) is 6.54 Å². The molecule has 0 spiro atoms. The zero-order chi connectivity index (χ0) is 12.9. The number of amides is 2. The van der Waals surface area contributed by atoms with Crippen LogP contribution < -0.4 is 16.4 Å². The highest BCUT2D eigenvalue weighted by atomic mass is 16.5. The van der Waals surface area contributed by atoms with E-state index in [-0.39, 0.29) is 12.5 Å². The highest BCUT2D eigenvalue weighted by molar-refractivity contribution is 5.86. The van der Waals surface area contributed by atoms with Gasteiger partial charge in [0, 0.05) is 7.11 Å². The summed E-state index contributed by atoms with van der Waals surface area (Å²) in [6.45, 7) is 1.20. The fourth-order valence-electron chi connectivity index (χ4n) is 1.81. The molecule has 1 atom stereocenters. The average molecular weight is 245 g/mol. The number of ether oxygens (including phenoxy) is 1. The van der Waals surface area contributed by atoms with E-state index in [1.807, 2.05) is 0 Å². The Bertz CT molecular complexity index is 289. The molecule has 0 aromatic rings. The van der Waals surface area contributed by atoms with Crippen LogP contribution in [0.4, 0.5) is 0 Å². The van der Waals surface area contributed by atoms with Crippen LogP contribution in [0.3, 0.4) is 0 Å². The number of carbonyl (C=O) groups is 2. The normalized spacial score (nSPS) is 20.6. The lowest BCUT2D eigenvalue weighted by Gasteiger charge is -2.34. The number of aliphatic hydroxyl groups excluding tert-OH is 1. The van der Waals surface area contributed by atoms with Gasteiger partial charge in [-0.15, -0.1) is 0 Å². The summed E-state index contributed by atoms with van der Waals surface area (Å²) in [5.74, 6) is -1.18. The summed E-state index contributed by atoms with van der Waals surface area (Å²) >= 11 is 0. The average Bonchev–Trinajstić information content (AvgIpc) is 2.36. The number of aliphatic hydroxyl groups is 1. The van der Waals surface area contributed by atoms with Crippen LogP contribution >= 0.6 is 0 Å². The van der Waals surface area contributed by atoms with Crippen molar-refractivity contribution in [3.63, 3.8) is 0 Å². The van der Waals surface area contributed by atoms with Gasteiger partial charge >= 0.3 is 0 Å². The monoisotopic (exact) mass is 245 g/mol. The van der Waals surface area contributed by atoms with Gasteiger partial charge in [-0.3, -0.25) is 9.59 Å². The number of primary amides is 1. The van der Waals surface area contributed by atoms with E-state index in [1.165, 1.54) is 7.11 Å². The smallest absolute Gasteiger partial charge is 0.252 e. The SMILES string of the molecule is COC1(C(=O)NCC(O)C(N)=O)CCNCC1. The zero-order valence-electron chi connectivity index (χ0n) is 9.86. The summed E-state index contributed by atoms with van der Waals surface area (Å²) in [7, 11) is 1.48. The molecule has 1 aliphatic rings. The number of nitrogens with two attached hydrogens (primary N) is 1. The van der Waals surface area contributed by atoms with Gasteiger partial charge < -0.3 is 26.2 Å². The summed E-state index contributed by atoms with van der Waals surface area (Å²) in [6, 6.07) is 0. The summed E-state index contributed by atoms with van der Waals surface area (Å²) in [5, 5.41) is 14.8. The minimum Gasteiger partial charge on any atom is -0.381 e. The minimum absolute atomic E-state index is 0.188. The lowest BCUT2D eigenvalue weighted by atomic mass is 9.91. The fourth-order valence-corrected chi connectivity index (χ4v) is 1.81. The van der Waals surface area contributed by atoms with Gasteiger partial charge in [-0.1, -0.05) is 0 Å². The molecule has 0 radical (unpaired) electrons. The van der Waals surface area contributed by atoms with Crippen LogP contribution in [-0.2, 0) is 14.3 Å². The summed E-state index contributed by atoms with van der Waals surface area (Å²) in [5.41, 5.74) is 4.01. The van der Waals surface area contributed by atoms with Crippen molar-refractivity contribution in [1.82, 2.24) is 10.6 Å². The van der Waals surface area contributed by atoms with Gasteiger partial charge in [-0.2, -0.15) is 0 Å². The van der Waals surface area contributed by atoms with Crippen LogP contribution in [0.2, 0.25) is 0 Å². The van der Waals surface area contributed by atoms with Gasteiger partial charge in [0.1, 0.15) is 11.7 Å².